The lowest BCUT2D eigenvalue weighted by Gasteiger charge is -2.25. The Morgan fingerprint density at radius 3 is 2.08 bits per heavy atom. The largest absolute Gasteiger partial charge is 0.309 e. The van der Waals surface area contributed by atoms with Crippen LogP contribution in [0, 0.1) is 0 Å². The zero-order valence-electron chi connectivity index (χ0n) is 9.30. The van der Waals surface area contributed by atoms with E-state index in [4.69, 9.17) is 0 Å². The molecule has 0 aliphatic carbocycles. The van der Waals surface area contributed by atoms with Gasteiger partial charge >= 0.3 is 0 Å². The minimum atomic E-state index is 0.715. The molecular weight excluding hydrogens is 148 g/mol. The molecule has 0 amide bonds. The summed E-state index contributed by atoms with van der Waals surface area (Å²) in [5, 5.41) is 0. The first kappa shape index (κ1) is 11.9. The summed E-state index contributed by atoms with van der Waals surface area (Å²) in [5.74, 6) is 0. The van der Waals surface area contributed by atoms with Crippen LogP contribution in [0.25, 0.3) is 0 Å². The Labute approximate surface area is 77.5 Å². The highest BCUT2D eigenvalue weighted by Gasteiger charge is 2.07. The number of hydrogen-bond acceptors (Lipinski definition) is 2. The van der Waals surface area contributed by atoms with E-state index in [-0.39, 0.29) is 0 Å². The van der Waals surface area contributed by atoms with Crippen molar-refractivity contribution in [2.45, 2.75) is 32.7 Å². The Morgan fingerprint density at radius 2 is 1.67 bits per heavy atom. The van der Waals surface area contributed by atoms with Gasteiger partial charge in [-0.1, -0.05) is 6.92 Å². The highest BCUT2D eigenvalue weighted by Crippen LogP contribution is 2.01. The van der Waals surface area contributed by atoms with E-state index in [1.54, 1.807) is 0 Å². The molecule has 0 fully saturated rings. The van der Waals surface area contributed by atoms with Crippen LogP contribution in [0.1, 0.15) is 26.7 Å². The fraction of sp³-hybridized carbons (Fsp3) is 1.00. The van der Waals surface area contributed by atoms with E-state index >= 15 is 0 Å². The zero-order valence-corrected chi connectivity index (χ0v) is 9.30. The molecule has 0 aromatic rings. The summed E-state index contributed by atoms with van der Waals surface area (Å²) in [5.41, 5.74) is 0. The zero-order chi connectivity index (χ0) is 9.56. The van der Waals surface area contributed by atoms with E-state index in [9.17, 15) is 0 Å². The highest BCUT2D eigenvalue weighted by atomic mass is 15.1. The molecule has 0 aliphatic heterocycles. The Bertz CT molecular complexity index is 102. The average Bonchev–Trinajstić information content (AvgIpc) is 2.00. The molecule has 1 unspecified atom stereocenters. The van der Waals surface area contributed by atoms with E-state index in [0.29, 0.717) is 6.04 Å². The van der Waals surface area contributed by atoms with Crippen molar-refractivity contribution in [1.82, 2.24) is 9.80 Å². The van der Waals surface area contributed by atoms with Crippen LogP contribution in [-0.2, 0) is 0 Å². The van der Waals surface area contributed by atoms with Gasteiger partial charge in [0.1, 0.15) is 0 Å². The second kappa shape index (κ2) is 6.44. The van der Waals surface area contributed by atoms with Gasteiger partial charge < -0.3 is 9.80 Å². The maximum atomic E-state index is 2.43. The Hall–Kier alpha value is -0.0800. The second-order valence-electron chi connectivity index (χ2n) is 3.92. The molecule has 0 rings (SSSR count). The Morgan fingerprint density at radius 1 is 1.08 bits per heavy atom. The van der Waals surface area contributed by atoms with Crippen molar-refractivity contribution >= 4 is 0 Å². The Kier molecular flexibility index (Phi) is 6.39. The first-order chi connectivity index (χ1) is 5.57. The van der Waals surface area contributed by atoms with Crippen molar-refractivity contribution in [2.75, 3.05) is 34.2 Å². The predicted molar refractivity (Wildman–Crippen MR) is 55.6 cm³/mol. The molecule has 0 bridgehead atoms. The fourth-order valence-electron chi connectivity index (χ4n) is 1.24. The van der Waals surface area contributed by atoms with Crippen LogP contribution in [0.4, 0.5) is 0 Å². The summed E-state index contributed by atoms with van der Waals surface area (Å²) in [6.45, 7) is 6.94. The summed E-state index contributed by atoms with van der Waals surface area (Å²) in [7, 11) is 6.48. The summed E-state index contributed by atoms with van der Waals surface area (Å²) in [6.07, 6.45) is 2.52. The third-order valence-corrected chi connectivity index (χ3v) is 2.32. The molecule has 0 aromatic heterocycles. The van der Waals surface area contributed by atoms with Crippen LogP contribution in [0.3, 0.4) is 0 Å². The minimum Gasteiger partial charge on any atom is -0.309 e. The molecule has 0 aliphatic rings. The SMILES string of the molecule is CCCN(C)C(C)CCN(C)C. The molecule has 1 atom stereocenters. The van der Waals surface area contributed by atoms with Gasteiger partial charge in [0.25, 0.3) is 0 Å². The molecule has 74 valence electrons. The minimum absolute atomic E-state index is 0.715. The quantitative estimate of drug-likeness (QED) is 0.601. The lowest BCUT2D eigenvalue weighted by Crippen LogP contribution is -2.32. The summed E-state index contributed by atoms with van der Waals surface area (Å²) < 4.78 is 0. The van der Waals surface area contributed by atoms with Gasteiger partial charge in [-0.2, -0.15) is 0 Å². The molecule has 0 radical (unpaired) electrons. The molecule has 0 saturated carbocycles. The molecular formula is C10H24N2. The van der Waals surface area contributed by atoms with Crippen LogP contribution in [0.2, 0.25) is 0 Å². The molecule has 0 spiro atoms. The first-order valence-electron chi connectivity index (χ1n) is 4.93. The van der Waals surface area contributed by atoms with Crippen LogP contribution in [0.15, 0.2) is 0 Å². The van der Waals surface area contributed by atoms with Crippen molar-refractivity contribution < 1.29 is 0 Å². The number of rotatable bonds is 6. The van der Waals surface area contributed by atoms with Crippen molar-refractivity contribution in [1.29, 1.82) is 0 Å². The van der Waals surface area contributed by atoms with E-state index in [2.05, 4.69) is 44.8 Å². The monoisotopic (exact) mass is 172 g/mol. The van der Waals surface area contributed by atoms with Crippen molar-refractivity contribution in [3.8, 4) is 0 Å². The van der Waals surface area contributed by atoms with Crippen LogP contribution < -0.4 is 0 Å². The predicted octanol–water partition coefficient (Wildman–Crippen LogP) is 1.67. The summed E-state index contributed by atoms with van der Waals surface area (Å²) in [6, 6.07) is 0.715. The fourth-order valence-corrected chi connectivity index (χ4v) is 1.24. The van der Waals surface area contributed by atoms with Crippen LogP contribution in [-0.4, -0.2) is 50.1 Å². The van der Waals surface area contributed by atoms with E-state index in [0.717, 1.165) is 0 Å². The second-order valence-corrected chi connectivity index (χ2v) is 3.92. The molecule has 2 heteroatoms. The van der Waals surface area contributed by atoms with Gasteiger partial charge in [-0.3, -0.25) is 0 Å². The smallest absolute Gasteiger partial charge is 0.00760 e. The molecule has 12 heavy (non-hydrogen) atoms. The number of nitrogens with zero attached hydrogens (tertiary/aromatic N) is 2. The maximum absolute atomic E-state index is 2.43. The normalized spacial score (nSPS) is 14.2. The standard InChI is InChI=1S/C10H24N2/c1-6-8-12(5)10(2)7-9-11(3)4/h10H,6-9H2,1-5H3. The Balaban J connectivity index is 3.49. The van der Waals surface area contributed by atoms with Gasteiger partial charge in [-0.25, -0.2) is 0 Å². The van der Waals surface area contributed by atoms with Gasteiger partial charge in [0.05, 0.1) is 0 Å². The lowest BCUT2D eigenvalue weighted by molar-refractivity contribution is 0.228. The molecule has 2 nitrogen and oxygen atoms in total. The molecule has 0 heterocycles. The van der Waals surface area contributed by atoms with Crippen molar-refractivity contribution in [3.05, 3.63) is 0 Å². The summed E-state index contributed by atoms with van der Waals surface area (Å²) >= 11 is 0. The topological polar surface area (TPSA) is 6.48 Å². The lowest BCUT2D eigenvalue weighted by atomic mass is 10.2. The molecule has 0 aromatic carbocycles. The van der Waals surface area contributed by atoms with Crippen LogP contribution in [0.5, 0.6) is 0 Å². The van der Waals surface area contributed by atoms with Crippen molar-refractivity contribution in [3.63, 3.8) is 0 Å². The van der Waals surface area contributed by atoms with Gasteiger partial charge in [0.15, 0.2) is 0 Å². The average molecular weight is 172 g/mol. The van der Waals surface area contributed by atoms with Crippen LogP contribution >= 0.6 is 0 Å². The van der Waals surface area contributed by atoms with E-state index < -0.39 is 0 Å². The van der Waals surface area contributed by atoms with E-state index in [1.165, 1.54) is 25.9 Å². The van der Waals surface area contributed by atoms with Crippen molar-refractivity contribution in [2.24, 2.45) is 0 Å². The van der Waals surface area contributed by atoms with Gasteiger partial charge in [-0.05, 0) is 54.0 Å². The third-order valence-electron chi connectivity index (χ3n) is 2.32. The number of hydrogen-bond donors (Lipinski definition) is 0. The highest BCUT2D eigenvalue weighted by molar-refractivity contribution is 4.63. The maximum Gasteiger partial charge on any atom is 0.00760 e. The summed E-state index contributed by atoms with van der Waals surface area (Å²) in [4.78, 5) is 4.68. The first-order valence-corrected chi connectivity index (χ1v) is 4.93. The third kappa shape index (κ3) is 5.56. The van der Waals surface area contributed by atoms with Gasteiger partial charge in [-0.15, -0.1) is 0 Å². The molecule has 0 N–H and O–H groups in total. The molecule has 0 saturated heterocycles. The van der Waals surface area contributed by atoms with E-state index in [1.807, 2.05) is 0 Å². The van der Waals surface area contributed by atoms with Gasteiger partial charge in [0.2, 0.25) is 0 Å². The van der Waals surface area contributed by atoms with Gasteiger partial charge in [0, 0.05) is 6.04 Å².